The fourth-order valence-electron chi connectivity index (χ4n) is 3.51. The van der Waals surface area contributed by atoms with Crippen molar-refractivity contribution in [2.24, 2.45) is 0 Å². The minimum Gasteiger partial charge on any atom is -0.337 e. The van der Waals surface area contributed by atoms with Gasteiger partial charge in [-0.2, -0.15) is 0 Å². The Bertz CT molecular complexity index is 891. The van der Waals surface area contributed by atoms with Gasteiger partial charge in [-0.1, -0.05) is 48.5 Å². The average molecular weight is 372 g/mol. The number of carbonyl (C=O) groups excluding carboxylic acids is 1. The lowest BCUT2D eigenvalue weighted by Crippen LogP contribution is -2.36. The lowest BCUT2D eigenvalue weighted by Gasteiger charge is -2.27. The molecule has 4 rings (SSSR count). The molecule has 1 amide bonds. The summed E-state index contributed by atoms with van der Waals surface area (Å²) < 4.78 is 0. The highest BCUT2D eigenvalue weighted by molar-refractivity contribution is 5.92. The van der Waals surface area contributed by atoms with Crippen molar-refractivity contribution in [2.75, 3.05) is 18.0 Å². The number of carbonyl (C=O) groups is 1. The van der Waals surface area contributed by atoms with Crippen molar-refractivity contribution < 1.29 is 4.79 Å². The van der Waals surface area contributed by atoms with Crippen LogP contribution in [-0.2, 0) is 6.54 Å². The molecule has 28 heavy (non-hydrogen) atoms. The zero-order valence-corrected chi connectivity index (χ0v) is 15.9. The van der Waals surface area contributed by atoms with Crippen LogP contribution in [0.4, 0.5) is 11.5 Å². The van der Waals surface area contributed by atoms with E-state index in [1.54, 1.807) is 12.4 Å². The third-order valence-electron chi connectivity index (χ3n) is 5.03. The van der Waals surface area contributed by atoms with Crippen molar-refractivity contribution in [3.05, 3.63) is 84.3 Å². The summed E-state index contributed by atoms with van der Waals surface area (Å²) in [5, 5.41) is 0. The SMILES string of the molecule is O=C(c1cnc(N(Cc2ccccc2)c2ccccc2)cn1)N1CCCCC1. The van der Waals surface area contributed by atoms with Gasteiger partial charge < -0.3 is 9.80 Å². The summed E-state index contributed by atoms with van der Waals surface area (Å²) in [5.74, 6) is 0.707. The van der Waals surface area contributed by atoms with Crippen LogP contribution < -0.4 is 4.90 Å². The Labute approximate surface area is 165 Å². The normalized spacial score (nSPS) is 13.9. The monoisotopic (exact) mass is 372 g/mol. The highest BCUT2D eigenvalue weighted by Crippen LogP contribution is 2.25. The summed E-state index contributed by atoms with van der Waals surface area (Å²) in [6, 6.07) is 20.4. The van der Waals surface area contributed by atoms with E-state index in [1.807, 2.05) is 41.3 Å². The summed E-state index contributed by atoms with van der Waals surface area (Å²) in [6.07, 6.45) is 6.63. The number of hydrogen-bond acceptors (Lipinski definition) is 4. The van der Waals surface area contributed by atoms with E-state index in [4.69, 9.17) is 0 Å². The molecule has 1 saturated heterocycles. The molecule has 0 atom stereocenters. The molecule has 3 aromatic rings. The molecular weight excluding hydrogens is 348 g/mol. The molecule has 5 nitrogen and oxygen atoms in total. The molecular formula is C23H24N4O. The third kappa shape index (κ3) is 4.19. The molecule has 0 spiro atoms. The molecule has 0 saturated carbocycles. The number of amides is 1. The summed E-state index contributed by atoms with van der Waals surface area (Å²) in [6.45, 7) is 2.30. The van der Waals surface area contributed by atoms with Gasteiger partial charge in [0.25, 0.3) is 5.91 Å². The quantitative estimate of drug-likeness (QED) is 0.664. The van der Waals surface area contributed by atoms with E-state index in [1.165, 1.54) is 12.0 Å². The van der Waals surface area contributed by atoms with Gasteiger partial charge in [0, 0.05) is 25.3 Å². The number of rotatable bonds is 5. The maximum absolute atomic E-state index is 12.7. The molecule has 1 fully saturated rings. The Morgan fingerprint density at radius 3 is 2.18 bits per heavy atom. The van der Waals surface area contributed by atoms with Crippen LogP contribution in [0.2, 0.25) is 0 Å². The second-order valence-electron chi connectivity index (χ2n) is 7.02. The minimum atomic E-state index is -0.0203. The molecule has 0 bridgehead atoms. The van der Waals surface area contributed by atoms with E-state index >= 15 is 0 Å². The number of nitrogens with zero attached hydrogens (tertiary/aromatic N) is 4. The number of aromatic nitrogens is 2. The van der Waals surface area contributed by atoms with Gasteiger partial charge in [0.05, 0.1) is 12.4 Å². The van der Waals surface area contributed by atoms with E-state index in [2.05, 4.69) is 39.1 Å². The van der Waals surface area contributed by atoms with Crippen molar-refractivity contribution in [3.63, 3.8) is 0 Å². The maximum Gasteiger partial charge on any atom is 0.274 e. The fraction of sp³-hybridized carbons (Fsp3) is 0.261. The first-order valence-electron chi connectivity index (χ1n) is 9.79. The van der Waals surface area contributed by atoms with Crippen LogP contribution in [0.5, 0.6) is 0 Å². The molecule has 1 aliphatic heterocycles. The smallest absolute Gasteiger partial charge is 0.274 e. The largest absolute Gasteiger partial charge is 0.337 e. The molecule has 2 aromatic carbocycles. The second kappa shape index (κ2) is 8.65. The lowest BCUT2D eigenvalue weighted by molar-refractivity contribution is 0.0718. The molecule has 5 heteroatoms. The predicted octanol–water partition coefficient (Wildman–Crippen LogP) is 4.44. The van der Waals surface area contributed by atoms with Crippen molar-refractivity contribution >= 4 is 17.4 Å². The highest BCUT2D eigenvalue weighted by atomic mass is 16.2. The van der Waals surface area contributed by atoms with Crippen LogP contribution in [0, 0.1) is 0 Å². The number of para-hydroxylation sites is 1. The third-order valence-corrected chi connectivity index (χ3v) is 5.03. The highest BCUT2D eigenvalue weighted by Gasteiger charge is 2.20. The first-order chi connectivity index (χ1) is 13.8. The van der Waals surface area contributed by atoms with E-state index in [0.717, 1.165) is 37.4 Å². The van der Waals surface area contributed by atoms with Gasteiger partial charge in [0.1, 0.15) is 5.69 Å². The zero-order chi connectivity index (χ0) is 19.2. The Balaban J connectivity index is 1.58. The zero-order valence-electron chi connectivity index (χ0n) is 15.9. The topological polar surface area (TPSA) is 49.3 Å². The van der Waals surface area contributed by atoms with E-state index in [0.29, 0.717) is 12.2 Å². The Hall–Kier alpha value is -3.21. The van der Waals surface area contributed by atoms with Gasteiger partial charge in [-0.3, -0.25) is 4.79 Å². The van der Waals surface area contributed by atoms with Gasteiger partial charge in [-0.15, -0.1) is 0 Å². The predicted molar refractivity (Wildman–Crippen MR) is 111 cm³/mol. The summed E-state index contributed by atoms with van der Waals surface area (Å²) >= 11 is 0. The summed E-state index contributed by atoms with van der Waals surface area (Å²) in [7, 11) is 0. The van der Waals surface area contributed by atoms with Crippen LogP contribution in [0.15, 0.2) is 73.1 Å². The number of piperidine rings is 1. The summed E-state index contributed by atoms with van der Waals surface area (Å²) in [5.41, 5.74) is 2.63. The van der Waals surface area contributed by atoms with E-state index < -0.39 is 0 Å². The molecule has 0 radical (unpaired) electrons. The molecule has 2 heterocycles. The molecule has 0 unspecified atom stereocenters. The van der Waals surface area contributed by atoms with Gasteiger partial charge in [-0.05, 0) is 37.0 Å². The Morgan fingerprint density at radius 2 is 1.54 bits per heavy atom. The molecule has 0 N–H and O–H groups in total. The number of benzene rings is 2. The maximum atomic E-state index is 12.7. The van der Waals surface area contributed by atoms with Crippen LogP contribution in [0.1, 0.15) is 35.3 Å². The van der Waals surface area contributed by atoms with Crippen molar-refractivity contribution in [1.29, 1.82) is 0 Å². The summed E-state index contributed by atoms with van der Waals surface area (Å²) in [4.78, 5) is 25.7. The standard InChI is InChI=1S/C23H24N4O/c28-23(26-14-8-3-9-15-26)21-16-25-22(17-24-21)27(20-12-6-2-7-13-20)18-19-10-4-1-5-11-19/h1-2,4-7,10-13,16-17H,3,8-9,14-15,18H2. The second-order valence-corrected chi connectivity index (χ2v) is 7.02. The molecule has 1 aromatic heterocycles. The van der Waals surface area contributed by atoms with Crippen LogP contribution in [0.25, 0.3) is 0 Å². The van der Waals surface area contributed by atoms with Crippen molar-refractivity contribution in [2.45, 2.75) is 25.8 Å². The van der Waals surface area contributed by atoms with Crippen LogP contribution in [-0.4, -0.2) is 33.9 Å². The number of anilines is 2. The van der Waals surface area contributed by atoms with Gasteiger partial charge in [0.2, 0.25) is 0 Å². The Morgan fingerprint density at radius 1 is 0.857 bits per heavy atom. The van der Waals surface area contributed by atoms with Gasteiger partial charge in [-0.25, -0.2) is 9.97 Å². The van der Waals surface area contributed by atoms with E-state index in [-0.39, 0.29) is 5.91 Å². The van der Waals surface area contributed by atoms with Gasteiger partial charge in [0.15, 0.2) is 5.82 Å². The van der Waals surface area contributed by atoms with Gasteiger partial charge >= 0.3 is 0 Å². The van der Waals surface area contributed by atoms with Crippen LogP contribution in [0.3, 0.4) is 0 Å². The first-order valence-corrected chi connectivity index (χ1v) is 9.79. The lowest BCUT2D eigenvalue weighted by atomic mass is 10.1. The number of hydrogen-bond donors (Lipinski definition) is 0. The average Bonchev–Trinajstić information content (AvgIpc) is 2.79. The molecule has 0 aliphatic carbocycles. The van der Waals surface area contributed by atoms with E-state index in [9.17, 15) is 4.79 Å². The minimum absolute atomic E-state index is 0.0203. The van der Waals surface area contributed by atoms with Crippen LogP contribution >= 0.6 is 0 Å². The van der Waals surface area contributed by atoms with Crippen molar-refractivity contribution in [3.8, 4) is 0 Å². The molecule has 1 aliphatic rings. The number of likely N-dealkylation sites (tertiary alicyclic amines) is 1. The fourth-order valence-corrected chi connectivity index (χ4v) is 3.51. The van der Waals surface area contributed by atoms with Crippen molar-refractivity contribution in [1.82, 2.24) is 14.9 Å². The first kappa shape index (κ1) is 18.2. The Kier molecular flexibility index (Phi) is 5.61. The molecule has 142 valence electrons.